The zero-order chi connectivity index (χ0) is 39.4. The van der Waals surface area contributed by atoms with Crippen molar-refractivity contribution in [3.05, 3.63) is 12.7 Å². The molecule has 0 saturated carbocycles. The van der Waals surface area contributed by atoms with E-state index in [4.69, 9.17) is 56.8 Å². The largest absolute Gasteiger partial charge is 0.377 e. The van der Waals surface area contributed by atoms with Crippen LogP contribution >= 0.6 is 21.6 Å². The molecule has 0 aromatic heterocycles. The van der Waals surface area contributed by atoms with Gasteiger partial charge in [0, 0.05) is 30.5 Å². The highest BCUT2D eigenvalue weighted by atomic mass is 33.1. The van der Waals surface area contributed by atoms with Crippen LogP contribution in [-0.2, 0) is 66.4 Å². The zero-order valence-electron chi connectivity index (χ0n) is 33.0. The van der Waals surface area contributed by atoms with Gasteiger partial charge in [-0.2, -0.15) is 0 Å². The molecule has 1 aliphatic rings. The van der Waals surface area contributed by atoms with Crippen molar-refractivity contribution in [3.63, 3.8) is 0 Å². The van der Waals surface area contributed by atoms with Gasteiger partial charge in [0.1, 0.15) is 6.61 Å². The van der Waals surface area contributed by atoms with Gasteiger partial charge in [0.25, 0.3) is 0 Å². The van der Waals surface area contributed by atoms with Crippen LogP contribution in [0.25, 0.3) is 0 Å². The lowest BCUT2D eigenvalue weighted by Crippen LogP contribution is -2.28. The molecule has 1 heterocycles. The molecule has 1 atom stereocenters. The van der Waals surface area contributed by atoms with Crippen LogP contribution in [0, 0.1) is 0 Å². The molecule has 0 aromatic carbocycles. The van der Waals surface area contributed by atoms with Crippen molar-refractivity contribution in [1.29, 1.82) is 0 Å². The Balaban J connectivity index is 1.62. The molecule has 1 aliphatic heterocycles. The van der Waals surface area contributed by atoms with Gasteiger partial charge in [0.2, 0.25) is 11.8 Å². The number of unbranched alkanes of at least 4 members (excludes halogenated alkanes) is 1. The second-order valence-electron chi connectivity index (χ2n) is 11.8. The van der Waals surface area contributed by atoms with Crippen molar-refractivity contribution in [3.8, 4) is 0 Å². The molecular weight excluding hydrogens is 761 g/mol. The lowest BCUT2D eigenvalue weighted by Gasteiger charge is -2.09. The molecule has 324 valence electrons. The smallest absolute Gasteiger partial charge is 0.246 e. The molecule has 0 unspecified atom stereocenters. The molecule has 2 amide bonds. The van der Waals surface area contributed by atoms with Gasteiger partial charge in [-0.3, -0.25) is 9.59 Å². The Hall–Kier alpha value is -1.10. The van der Waals surface area contributed by atoms with Crippen LogP contribution in [0.3, 0.4) is 0 Å². The van der Waals surface area contributed by atoms with Crippen LogP contribution in [0.15, 0.2) is 12.7 Å². The van der Waals surface area contributed by atoms with Crippen molar-refractivity contribution >= 4 is 33.4 Å². The summed E-state index contributed by atoms with van der Waals surface area (Å²) < 4.78 is 65.4. The predicted octanol–water partition coefficient (Wildman–Crippen LogP) is 2.32. The fourth-order valence-electron chi connectivity index (χ4n) is 4.39. The lowest BCUT2D eigenvalue weighted by atomic mass is 10.1. The van der Waals surface area contributed by atoms with Gasteiger partial charge in [0.15, 0.2) is 0 Å². The second kappa shape index (κ2) is 44.0. The van der Waals surface area contributed by atoms with E-state index in [0.29, 0.717) is 171 Å². The number of amides is 2. The molecule has 2 N–H and O–H groups in total. The number of ether oxygens (including phenoxy) is 12. The van der Waals surface area contributed by atoms with Crippen molar-refractivity contribution in [2.24, 2.45) is 0 Å². The maximum absolute atomic E-state index is 11.9. The summed E-state index contributed by atoms with van der Waals surface area (Å²) in [7, 11) is 3.97. The Kier molecular flexibility index (Phi) is 41.5. The van der Waals surface area contributed by atoms with Gasteiger partial charge < -0.3 is 67.5 Å². The number of carbonyl (C=O) groups is 2. The molecule has 0 aromatic rings. The summed E-state index contributed by atoms with van der Waals surface area (Å²) in [4.78, 5) is 23.2. The fraction of sp³-hybridized carbons (Fsp3) is 0.892. The Labute approximate surface area is 337 Å². The van der Waals surface area contributed by atoms with Crippen LogP contribution in [-0.4, -0.2) is 194 Å². The minimum Gasteiger partial charge on any atom is -0.377 e. The number of carbonyl (C=O) groups excluding carboxylic acids is 2. The van der Waals surface area contributed by atoms with E-state index in [9.17, 15) is 9.59 Å². The number of nitrogens with one attached hydrogen (secondary N) is 2. The van der Waals surface area contributed by atoms with Gasteiger partial charge in [-0.25, -0.2) is 0 Å². The Morgan fingerprint density at radius 2 is 0.891 bits per heavy atom. The molecule has 1 saturated heterocycles. The van der Waals surface area contributed by atoms with Crippen LogP contribution < -0.4 is 10.6 Å². The van der Waals surface area contributed by atoms with E-state index in [1.54, 1.807) is 6.08 Å². The third kappa shape index (κ3) is 40.9. The SMILES string of the molecule is C=CCNC(=O)COCCOCCOCCOCCOCCOCCOCCOCCOCCOCCOCCOCCNC(=O)CCCC[C@@H]1CCSS1. The summed E-state index contributed by atoms with van der Waals surface area (Å²) in [6, 6.07) is 0. The molecule has 18 heteroatoms. The highest BCUT2D eigenvalue weighted by molar-refractivity contribution is 8.77. The first kappa shape index (κ1) is 51.9. The molecule has 55 heavy (non-hydrogen) atoms. The van der Waals surface area contributed by atoms with Gasteiger partial charge in [-0.05, 0) is 19.3 Å². The number of hydrogen-bond donors (Lipinski definition) is 2. The predicted molar refractivity (Wildman–Crippen MR) is 213 cm³/mol. The zero-order valence-corrected chi connectivity index (χ0v) is 34.7. The van der Waals surface area contributed by atoms with Crippen molar-refractivity contribution < 1.29 is 66.4 Å². The number of hydrogen-bond acceptors (Lipinski definition) is 16. The molecule has 1 fully saturated rings. The molecule has 16 nitrogen and oxygen atoms in total. The quantitative estimate of drug-likeness (QED) is 0.0521. The maximum atomic E-state index is 11.9. The molecule has 0 spiro atoms. The van der Waals surface area contributed by atoms with E-state index in [1.165, 1.54) is 18.6 Å². The third-order valence-corrected chi connectivity index (χ3v) is 10.3. The van der Waals surface area contributed by atoms with Crippen molar-refractivity contribution in [2.45, 2.75) is 37.4 Å². The molecule has 0 radical (unpaired) electrons. The maximum Gasteiger partial charge on any atom is 0.246 e. The summed E-state index contributed by atoms with van der Waals surface area (Å²) in [6.07, 6.45) is 6.81. The molecule has 0 aliphatic carbocycles. The van der Waals surface area contributed by atoms with Crippen LogP contribution in [0.4, 0.5) is 0 Å². The summed E-state index contributed by atoms with van der Waals surface area (Å²) in [5.41, 5.74) is 0. The van der Waals surface area contributed by atoms with Crippen LogP contribution in [0.2, 0.25) is 0 Å². The van der Waals surface area contributed by atoms with Crippen LogP contribution in [0.1, 0.15) is 32.1 Å². The topological polar surface area (TPSA) is 169 Å². The first-order valence-electron chi connectivity index (χ1n) is 19.6. The Morgan fingerprint density at radius 3 is 1.25 bits per heavy atom. The summed E-state index contributed by atoms with van der Waals surface area (Å²) in [5.74, 6) is 1.19. The average Bonchev–Trinajstić information content (AvgIpc) is 3.72. The van der Waals surface area contributed by atoms with Gasteiger partial charge in [-0.1, -0.05) is 34.1 Å². The van der Waals surface area contributed by atoms with E-state index >= 15 is 0 Å². The third-order valence-electron chi connectivity index (χ3n) is 7.24. The normalized spacial score (nSPS) is 14.1. The standard InChI is InChI=1S/C37H70N2O14S2/c1-2-8-38-37(41)34-53-32-31-52-30-29-51-28-27-50-26-25-49-24-23-48-22-21-47-20-19-46-18-17-45-16-15-44-14-13-43-12-11-42-10-9-39-36(40)6-4-3-5-35-7-33-54-55-35/h2,35H,1,3-34H2,(H,38,41)(H,39,40)/t35-/m1/s1. The summed E-state index contributed by atoms with van der Waals surface area (Å²) in [5, 5.41) is 6.32. The molecule has 0 bridgehead atoms. The first-order valence-corrected chi connectivity index (χ1v) is 22.0. The van der Waals surface area contributed by atoms with Gasteiger partial charge in [0.05, 0.1) is 152 Å². The van der Waals surface area contributed by atoms with Gasteiger partial charge in [-0.15, -0.1) is 6.58 Å². The minimum absolute atomic E-state index is 0.00736. The van der Waals surface area contributed by atoms with Crippen molar-refractivity contribution in [2.75, 3.05) is 177 Å². The molecular formula is C37H70N2O14S2. The lowest BCUT2D eigenvalue weighted by molar-refractivity contribution is -0.126. The van der Waals surface area contributed by atoms with Crippen molar-refractivity contribution in [1.82, 2.24) is 10.6 Å². The Morgan fingerprint density at radius 1 is 0.509 bits per heavy atom. The summed E-state index contributed by atoms with van der Waals surface area (Å²) >= 11 is 0. The fourth-order valence-corrected chi connectivity index (χ4v) is 7.42. The van der Waals surface area contributed by atoms with E-state index in [2.05, 4.69) is 17.2 Å². The monoisotopic (exact) mass is 830 g/mol. The highest BCUT2D eigenvalue weighted by Gasteiger charge is 2.15. The number of rotatable bonds is 45. The second-order valence-corrected chi connectivity index (χ2v) is 14.6. The highest BCUT2D eigenvalue weighted by Crippen LogP contribution is 2.39. The van der Waals surface area contributed by atoms with E-state index in [0.717, 1.165) is 18.1 Å². The summed E-state index contributed by atoms with van der Waals surface area (Å²) in [6.45, 7) is 15.4. The van der Waals surface area contributed by atoms with E-state index < -0.39 is 0 Å². The van der Waals surface area contributed by atoms with Crippen LogP contribution in [0.5, 0.6) is 0 Å². The van der Waals surface area contributed by atoms with E-state index in [1.807, 2.05) is 21.6 Å². The molecule has 1 rings (SSSR count). The Bertz CT molecular complexity index is 850. The first-order chi connectivity index (χ1) is 27.2. The average molecular weight is 831 g/mol. The van der Waals surface area contributed by atoms with Gasteiger partial charge >= 0.3 is 0 Å². The minimum atomic E-state index is -0.178. The van der Waals surface area contributed by atoms with E-state index in [-0.39, 0.29) is 18.4 Å².